The molecule has 18 nitrogen and oxygen atoms in total. The molecule has 0 atom stereocenters. The minimum Gasteiger partial charge on any atom is -0.309 e. The van der Waals surface area contributed by atoms with Crippen molar-refractivity contribution in [3.63, 3.8) is 0 Å². The summed E-state index contributed by atoms with van der Waals surface area (Å²) in [6.45, 7) is 0. The first-order valence-electron chi connectivity index (χ1n) is 42.6. The number of nitrogens with zero attached hydrogens (tertiary/aromatic N) is 18. The predicted octanol–water partition coefficient (Wildman–Crippen LogP) is 25.3. The van der Waals surface area contributed by atoms with Crippen molar-refractivity contribution < 1.29 is 0 Å². The molecule has 0 saturated heterocycles. The van der Waals surface area contributed by atoms with Gasteiger partial charge in [-0.25, -0.2) is 74.8 Å². The van der Waals surface area contributed by atoms with E-state index in [9.17, 15) is 5.26 Å². The lowest BCUT2D eigenvalue weighted by Crippen LogP contribution is -2.03. The Bertz CT molecular complexity index is 7660. The van der Waals surface area contributed by atoms with Crippen molar-refractivity contribution in [2.75, 3.05) is 0 Å². The van der Waals surface area contributed by atoms with Gasteiger partial charge in [0.05, 0.1) is 39.4 Å². The summed E-state index contributed by atoms with van der Waals surface area (Å²) >= 11 is 0. The Morgan fingerprint density at radius 2 is 0.354 bits per heavy atom. The van der Waals surface area contributed by atoms with Crippen LogP contribution in [0.5, 0.6) is 0 Å². The smallest absolute Gasteiger partial charge is 0.164 e. The van der Waals surface area contributed by atoms with Gasteiger partial charge in [0.15, 0.2) is 87.4 Å². The minimum absolute atomic E-state index is 0.400. The van der Waals surface area contributed by atoms with Crippen LogP contribution in [0.1, 0.15) is 5.56 Å². The van der Waals surface area contributed by atoms with Crippen LogP contribution in [0.3, 0.4) is 0 Å². The Morgan fingerprint density at radius 1 is 0.162 bits per heavy atom. The Morgan fingerprint density at radius 3 is 0.569 bits per heavy atom. The number of fused-ring (bicyclic) bond motifs is 6. The van der Waals surface area contributed by atoms with Crippen molar-refractivity contribution in [1.29, 1.82) is 5.26 Å². The molecule has 23 aromatic rings. The third-order valence-electron chi connectivity index (χ3n) is 23.2. The summed E-state index contributed by atoms with van der Waals surface area (Å²) in [5.74, 6) is 7.55. The lowest BCUT2D eigenvalue weighted by molar-refractivity contribution is 1.07. The van der Waals surface area contributed by atoms with Gasteiger partial charge in [0.2, 0.25) is 0 Å². The number of aromatic nitrogens is 17. The van der Waals surface area contributed by atoms with Crippen LogP contribution >= 0.6 is 0 Å². The molecule has 0 fully saturated rings. The second kappa shape index (κ2) is 33.0. The molecule has 16 aromatic carbocycles. The highest BCUT2D eigenvalue weighted by Crippen LogP contribution is 2.45. The summed E-state index contributed by atoms with van der Waals surface area (Å²) in [5.41, 5.74) is 18.6. The maximum Gasteiger partial charge on any atom is 0.164 e. The Kier molecular flexibility index (Phi) is 19.5. The Labute approximate surface area is 745 Å². The molecule has 0 amide bonds. The zero-order valence-corrected chi connectivity index (χ0v) is 69.3. The lowest BCUT2D eigenvalue weighted by Gasteiger charge is -2.18. The highest BCUT2D eigenvalue weighted by Gasteiger charge is 2.27. The van der Waals surface area contributed by atoms with E-state index in [1.807, 2.05) is 315 Å². The molecule has 0 aliphatic heterocycles. The summed E-state index contributed by atoms with van der Waals surface area (Å²) in [5, 5.41) is 15.5. The molecule has 7 heterocycles. The highest BCUT2D eigenvalue weighted by molar-refractivity contribution is 6.14. The van der Waals surface area contributed by atoms with Crippen molar-refractivity contribution >= 4 is 43.6 Å². The largest absolute Gasteiger partial charge is 0.309 e. The van der Waals surface area contributed by atoms with E-state index in [1.54, 1.807) is 0 Å². The molecule has 0 saturated carbocycles. The molecule has 0 aliphatic carbocycles. The quantitative estimate of drug-likeness (QED) is 0.0778. The van der Waals surface area contributed by atoms with Crippen LogP contribution in [0.15, 0.2) is 413 Å². The molecular formula is C112H68N18. The molecule has 0 spiro atoms. The topological polar surface area (TPSA) is 227 Å². The lowest BCUT2D eigenvalue weighted by atomic mass is 9.95. The van der Waals surface area contributed by atoms with E-state index in [4.69, 9.17) is 74.8 Å². The van der Waals surface area contributed by atoms with Crippen LogP contribution in [0.2, 0.25) is 0 Å². The van der Waals surface area contributed by atoms with E-state index in [0.717, 1.165) is 133 Å². The third kappa shape index (κ3) is 14.6. The van der Waals surface area contributed by atoms with Gasteiger partial charge in [-0.15, -0.1) is 0 Å². The van der Waals surface area contributed by atoms with Gasteiger partial charge in [0.1, 0.15) is 0 Å². The maximum atomic E-state index is 12.1. The van der Waals surface area contributed by atoms with Gasteiger partial charge >= 0.3 is 0 Å². The van der Waals surface area contributed by atoms with E-state index < -0.39 is 0 Å². The first kappa shape index (κ1) is 76.5. The first-order valence-corrected chi connectivity index (χ1v) is 42.6. The van der Waals surface area contributed by atoms with Crippen LogP contribution < -0.4 is 0 Å². The summed E-state index contributed by atoms with van der Waals surface area (Å²) in [7, 11) is 0. The van der Waals surface area contributed by atoms with E-state index in [1.165, 1.54) is 0 Å². The van der Waals surface area contributed by atoms with Crippen LogP contribution in [-0.2, 0) is 0 Å². The molecule has 0 radical (unpaired) electrons. The number of nitriles is 1. The fourth-order valence-corrected chi connectivity index (χ4v) is 16.9. The minimum atomic E-state index is 0.400. The van der Waals surface area contributed by atoms with Crippen LogP contribution in [0.4, 0.5) is 0 Å². The zero-order valence-electron chi connectivity index (χ0n) is 69.3. The summed E-state index contributed by atoms with van der Waals surface area (Å²) < 4.78 is 4.54. The maximum absolute atomic E-state index is 12.1. The van der Waals surface area contributed by atoms with Gasteiger partial charge in [-0.3, -0.25) is 0 Å². The first-order chi connectivity index (χ1) is 64.3. The van der Waals surface area contributed by atoms with Crippen molar-refractivity contribution in [2.24, 2.45) is 0 Å². The van der Waals surface area contributed by atoms with E-state index in [0.29, 0.717) is 110 Å². The third-order valence-corrected chi connectivity index (χ3v) is 23.2. The number of hydrogen-bond donors (Lipinski definition) is 0. The van der Waals surface area contributed by atoms with Crippen molar-refractivity contribution in [3.8, 4) is 199 Å². The van der Waals surface area contributed by atoms with E-state index in [2.05, 4.69) is 112 Å². The summed E-state index contributed by atoms with van der Waals surface area (Å²) in [6, 6.07) is 140. The summed E-state index contributed by atoms with van der Waals surface area (Å²) in [4.78, 5) is 78.5. The molecule has 606 valence electrons. The molecule has 23 rings (SSSR count). The molecule has 7 aromatic heterocycles. The molecule has 0 bridgehead atoms. The van der Waals surface area contributed by atoms with Gasteiger partial charge in [0, 0.05) is 122 Å². The van der Waals surface area contributed by atoms with Crippen molar-refractivity contribution in [3.05, 3.63) is 418 Å². The average molecular weight is 1670 g/mol. The highest BCUT2D eigenvalue weighted by atomic mass is 15.1. The SMILES string of the molecule is N#Cc1ccc(-n2c3ccc(-c4nc(-c5ccccc5)nc(-c5ccccc5)n4)cc3c3cc(-c4nc(-c5ccccc5)nc(-c5ccccc5)n4)ccc32)cc1-c1cc(-c2nc(-c3ccccc3)nc(-c3ccccc3)n2)ccc1-n1c2ccc(-c3nc(-c4ccccc4)nc(-c4ccccc4)n3)cc2c2cc(-c3nc(-c4ccccc4)nc(-c4ccccc4)n3)ccc21. The van der Waals surface area contributed by atoms with Crippen molar-refractivity contribution in [1.82, 2.24) is 83.9 Å². The molecular weight excluding hydrogens is 1600 g/mol. The molecule has 130 heavy (non-hydrogen) atoms. The van der Waals surface area contributed by atoms with E-state index in [-0.39, 0.29) is 0 Å². The van der Waals surface area contributed by atoms with Gasteiger partial charge < -0.3 is 9.13 Å². The molecule has 0 N–H and O–H groups in total. The molecule has 0 aliphatic rings. The predicted molar refractivity (Wildman–Crippen MR) is 514 cm³/mol. The zero-order chi connectivity index (χ0) is 86.4. The number of hydrogen-bond acceptors (Lipinski definition) is 16. The van der Waals surface area contributed by atoms with Crippen LogP contribution in [0.25, 0.3) is 237 Å². The monoisotopic (exact) mass is 1660 g/mol. The van der Waals surface area contributed by atoms with E-state index >= 15 is 0 Å². The van der Waals surface area contributed by atoms with Crippen molar-refractivity contribution in [2.45, 2.75) is 0 Å². The Balaban J connectivity index is 0.777. The number of rotatable bonds is 18. The Hall–Kier alpha value is -18.3. The summed E-state index contributed by atoms with van der Waals surface area (Å²) in [6.07, 6.45) is 0. The van der Waals surface area contributed by atoms with Gasteiger partial charge in [-0.2, -0.15) is 5.26 Å². The second-order valence-corrected chi connectivity index (χ2v) is 31.4. The van der Waals surface area contributed by atoms with Gasteiger partial charge in [0.25, 0.3) is 0 Å². The van der Waals surface area contributed by atoms with Crippen LogP contribution in [-0.4, -0.2) is 83.9 Å². The van der Waals surface area contributed by atoms with Gasteiger partial charge in [-0.05, 0) is 109 Å². The average Bonchev–Trinajstić information content (AvgIpc) is 1.57. The standard InChI is InChI=1S/C112H68N18/c113-69-85-51-57-86(129-93-58-52-81(109-121-100(72-35-15-3-16-36-72)115-101(122-109)73-37-17-4-18-38-73)64-89(93)90-65-82(53-59-94(90)129)110-123-102(74-39-19-5-20-40-74)116-103(124-110)75-41-21-6-22-42-75)68-87(85)88-63-80(108-119-98(70-31-11-1-12-32-70)114-99(120-108)71-33-13-2-14-34-71)54-60-95(88)130-96-61-55-83(111-125-104(76-43-23-7-24-44-76)117-105(126-111)77-45-25-8-26-46-77)66-91(96)92-67-84(56-62-97(92)130)112-127-106(78-47-27-9-28-48-78)118-107(128-112)79-49-29-10-30-50-79/h1-68H. The van der Waals surface area contributed by atoms with Crippen LogP contribution in [0, 0.1) is 11.3 Å². The molecule has 0 unspecified atom stereocenters. The number of benzene rings is 16. The fourth-order valence-electron chi connectivity index (χ4n) is 16.9. The second-order valence-electron chi connectivity index (χ2n) is 31.4. The molecule has 18 heteroatoms. The van der Waals surface area contributed by atoms with Gasteiger partial charge in [-0.1, -0.05) is 303 Å². The fraction of sp³-hybridized carbons (Fsp3) is 0. The normalized spacial score (nSPS) is 11.4.